The van der Waals surface area contributed by atoms with Crippen molar-refractivity contribution in [1.82, 2.24) is 0 Å². The van der Waals surface area contributed by atoms with Crippen molar-refractivity contribution >= 4 is 5.97 Å². The van der Waals surface area contributed by atoms with Gasteiger partial charge in [-0.25, -0.2) is 9.18 Å². The van der Waals surface area contributed by atoms with E-state index < -0.39 is 5.97 Å². The van der Waals surface area contributed by atoms with Gasteiger partial charge < -0.3 is 4.74 Å². The fraction of sp³-hybridized carbons (Fsp3) is 0.519. The number of carbonyl (C=O) groups is 1. The Labute approximate surface area is 179 Å². The van der Waals surface area contributed by atoms with Gasteiger partial charge in [0.1, 0.15) is 11.6 Å². The van der Waals surface area contributed by atoms with E-state index >= 15 is 0 Å². The first kappa shape index (κ1) is 21.1. The van der Waals surface area contributed by atoms with Crippen molar-refractivity contribution in [2.75, 3.05) is 0 Å². The summed E-state index contributed by atoms with van der Waals surface area (Å²) in [5.74, 6) is 2.45. The monoisotopic (exact) mass is 408 g/mol. The summed E-state index contributed by atoms with van der Waals surface area (Å²) >= 11 is 0. The van der Waals surface area contributed by atoms with E-state index in [9.17, 15) is 9.18 Å². The van der Waals surface area contributed by atoms with Crippen LogP contribution in [0.1, 0.15) is 86.2 Å². The van der Waals surface area contributed by atoms with Crippen molar-refractivity contribution in [3.63, 3.8) is 0 Å². The van der Waals surface area contributed by atoms with Gasteiger partial charge in [0.05, 0.1) is 5.56 Å². The summed E-state index contributed by atoms with van der Waals surface area (Å²) in [6.07, 6.45) is 9.57. The zero-order valence-corrected chi connectivity index (χ0v) is 18.2. The fourth-order valence-corrected chi connectivity index (χ4v) is 5.58. The second kappa shape index (κ2) is 9.32. The number of fused-ring (bicyclic) bond motifs is 1. The number of esters is 1. The maximum atomic E-state index is 15.0. The lowest BCUT2D eigenvalue weighted by Gasteiger charge is -2.42. The average Bonchev–Trinajstić information content (AvgIpc) is 2.78. The second-order valence-corrected chi connectivity index (χ2v) is 9.24. The molecule has 160 valence electrons. The smallest absolute Gasteiger partial charge is 0.343 e. The fourth-order valence-electron chi connectivity index (χ4n) is 5.58. The summed E-state index contributed by atoms with van der Waals surface area (Å²) < 4.78 is 20.4. The van der Waals surface area contributed by atoms with Crippen LogP contribution in [0.3, 0.4) is 0 Å². The SMILES string of the molecule is CCc1ccc(OC(=O)c2ccc(C3CC[C@H]4C[C@@H](CC)CC[C@@H]4C3)c(F)c2)cc1. The summed E-state index contributed by atoms with van der Waals surface area (Å²) in [5, 5.41) is 0. The predicted molar refractivity (Wildman–Crippen MR) is 118 cm³/mol. The van der Waals surface area contributed by atoms with Gasteiger partial charge in [0.2, 0.25) is 0 Å². The maximum absolute atomic E-state index is 15.0. The van der Waals surface area contributed by atoms with E-state index in [1.54, 1.807) is 18.2 Å². The minimum atomic E-state index is -0.508. The van der Waals surface area contributed by atoms with E-state index in [-0.39, 0.29) is 17.3 Å². The molecule has 0 spiro atoms. The minimum Gasteiger partial charge on any atom is -0.423 e. The van der Waals surface area contributed by atoms with Gasteiger partial charge in [-0.3, -0.25) is 0 Å². The van der Waals surface area contributed by atoms with Crippen molar-refractivity contribution in [3.05, 3.63) is 65.0 Å². The van der Waals surface area contributed by atoms with Crippen LogP contribution < -0.4 is 4.74 Å². The second-order valence-electron chi connectivity index (χ2n) is 9.24. The Morgan fingerprint density at radius 3 is 2.40 bits per heavy atom. The quantitative estimate of drug-likeness (QED) is 0.383. The van der Waals surface area contributed by atoms with Crippen LogP contribution in [-0.4, -0.2) is 5.97 Å². The number of benzene rings is 2. The largest absolute Gasteiger partial charge is 0.423 e. The van der Waals surface area contributed by atoms with Gasteiger partial charge in [-0.2, -0.15) is 0 Å². The van der Waals surface area contributed by atoms with Crippen LogP contribution in [0.25, 0.3) is 0 Å². The molecule has 2 saturated carbocycles. The molecule has 0 radical (unpaired) electrons. The van der Waals surface area contributed by atoms with Crippen molar-refractivity contribution in [2.45, 2.75) is 71.1 Å². The first-order valence-corrected chi connectivity index (χ1v) is 11.7. The molecular formula is C27H33FO2. The average molecular weight is 409 g/mol. The van der Waals surface area contributed by atoms with E-state index in [1.165, 1.54) is 43.7 Å². The van der Waals surface area contributed by atoms with E-state index in [1.807, 2.05) is 18.2 Å². The van der Waals surface area contributed by atoms with Crippen LogP contribution in [0.4, 0.5) is 4.39 Å². The third kappa shape index (κ3) is 4.61. The number of carbonyl (C=O) groups excluding carboxylic acids is 1. The summed E-state index contributed by atoms with van der Waals surface area (Å²) in [6, 6.07) is 12.3. The first-order chi connectivity index (χ1) is 14.6. The van der Waals surface area contributed by atoms with Crippen LogP contribution in [0, 0.1) is 23.6 Å². The molecule has 0 amide bonds. The van der Waals surface area contributed by atoms with E-state index in [2.05, 4.69) is 13.8 Å². The molecule has 0 aliphatic heterocycles. The van der Waals surface area contributed by atoms with Crippen LogP contribution in [0.2, 0.25) is 0 Å². The van der Waals surface area contributed by atoms with Gasteiger partial charge in [-0.05, 0) is 97.6 Å². The number of hydrogen-bond donors (Lipinski definition) is 0. The van der Waals surface area contributed by atoms with E-state index in [0.29, 0.717) is 5.75 Å². The zero-order valence-electron chi connectivity index (χ0n) is 18.2. The van der Waals surface area contributed by atoms with Crippen LogP contribution in [-0.2, 0) is 6.42 Å². The van der Waals surface area contributed by atoms with Gasteiger partial charge in [-0.1, -0.05) is 44.9 Å². The molecule has 0 bridgehead atoms. The molecule has 4 rings (SSSR count). The van der Waals surface area contributed by atoms with Gasteiger partial charge in [0.15, 0.2) is 0 Å². The van der Waals surface area contributed by atoms with Crippen molar-refractivity contribution in [3.8, 4) is 5.75 Å². The molecule has 3 heteroatoms. The lowest BCUT2D eigenvalue weighted by Crippen LogP contribution is -2.30. The number of ether oxygens (including phenoxy) is 1. The normalized spacial score (nSPS) is 26.1. The molecule has 1 unspecified atom stereocenters. The van der Waals surface area contributed by atoms with Gasteiger partial charge in [0, 0.05) is 0 Å². The number of rotatable bonds is 5. The molecule has 0 saturated heterocycles. The molecule has 2 aliphatic carbocycles. The number of hydrogen-bond acceptors (Lipinski definition) is 2. The standard InChI is InChI=1S/C27H33FO2/c1-3-18-6-12-24(13-7-18)30-27(29)23-11-14-25(26(28)17-23)22-10-9-20-15-19(4-2)5-8-21(20)16-22/h6-7,11-14,17,19-22H,3-5,8-10,15-16H2,1-2H3/t19-,20-,21+,22?/m0/s1. The van der Waals surface area contributed by atoms with Crippen molar-refractivity contribution < 1.29 is 13.9 Å². The summed E-state index contributed by atoms with van der Waals surface area (Å²) in [5.41, 5.74) is 2.23. The molecule has 2 aromatic rings. The first-order valence-electron chi connectivity index (χ1n) is 11.7. The highest BCUT2D eigenvalue weighted by atomic mass is 19.1. The molecular weight excluding hydrogens is 375 g/mol. The molecule has 2 fully saturated rings. The highest BCUT2D eigenvalue weighted by Gasteiger charge is 2.36. The Morgan fingerprint density at radius 2 is 1.70 bits per heavy atom. The Bertz CT molecular complexity index is 873. The van der Waals surface area contributed by atoms with Gasteiger partial charge in [-0.15, -0.1) is 0 Å². The Balaban J connectivity index is 1.41. The van der Waals surface area contributed by atoms with Gasteiger partial charge >= 0.3 is 5.97 Å². The van der Waals surface area contributed by atoms with Crippen molar-refractivity contribution in [2.24, 2.45) is 17.8 Å². The highest BCUT2D eigenvalue weighted by Crippen LogP contribution is 2.48. The Hall–Kier alpha value is -2.16. The lowest BCUT2D eigenvalue weighted by molar-refractivity contribution is 0.0734. The molecule has 2 aromatic carbocycles. The molecule has 4 atom stereocenters. The summed E-state index contributed by atoms with van der Waals surface area (Å²) in [7, 11) is 0. The Morgan fingerprint density at radius 1 is 0.967 bits per heavy atom. The lowest BCUT2D eigenvalue weighted by atomic mass is 9.63. The molecule has 0 heterocycles. The molecule has 2 aliphatic rings. The van der Waals surface area contributed by atoms with Crippen LogP contribution >= 0.6 is 0 Å². The van der Waals surface area contributed by atoms with E-state index in [4.69, 9.17) is 4.74 Å². The highest BCUT2D eigenvalue weighted by molar-refractivity contribution is 5.91. The zero-order chi connectivity index (χ0) is 21.1. The number of halogens is 1. The number of aryl methyl sites for hydroxylation is 1. The maximum Gasteiger partial charge on any atom is 0.343 e. The van der Waals surface area contributed by atoms with E-state index in [0.717, 1.165) is 42.6 Å². The summed E-state index contributed by atoms with van der Waals surface area (Å²) in [6.45, 7) is 4.38. The Kier molecular flexibility index (Phi) is 6.55. The summed E-state index contributed by atoms with van der Waals surface area (Å²) in [4.78, 5) is 12.5. The third-order valence-electron chi connectivity index (χ3n) is 7.52. The molecule has 2 nitrogen and oxygen atoms in total. The van der Waals surface area contributed by atoms with Crippen LogP contribution in [0.5, 0.6) is 5.75 Å². The molecule has 0 N–H and O–H groups in total. The van der Waals surface area contributed by atoms with Crippen LogP contribution in [0.15, 0.2) is 42.5 Å². The molecule has 0 aromatic heterocycles. The minimum absolute atomic E-state index is 0.267. The molecule has 30 heavy (non-hydrogen) atoms. The van der Waals surface area contributed by atoms with Crippen molar-refractivity contribution in [1.29, 1.82) is 0 Å². The topological polar surface area (TPSA) is 26.3 Å². The predicted octanol–water partition coefficient (Wildman–Crippen LogP) is 7.32. The third-order valence-corrected chi connectivity index (χ3v) is 7.52. The van der Waals surface area contributed by atoms with Gasteiger partial charge in [0.25, 0.3) is 0 Å².